The van der Waals surface area contributed by atoms with E-state index in [-0.39, 0.29) is 27.6 Å². The molecule has 3 heterocycles. The monoisotopic (exact) mass is 420 g/mol. The molecule has 5 rings (SSSR count). The van der Waals surface area contributed by atoms with E-state index in [4.69, 9.17) is 4.42 Å². The highest BCUT2D eigenvalue weighted by Crippen LogP contribution is 2.42. The number of fused-ring (bicyclic) bond motifs is 2. The van der Waals surface area contributed by atoms with Crippen molar-refractivity contribution in [1.82, 2.24) is 10.2 Å². The van der Waals surface area contributed by atoms with E-state index in [1.54, 1.807) is 37.3 Å². The van der Waals surface area contributed by atoms with Crippen molar-refractivity contribution in [3.8, 4) is 0 Å². The number of nitrogens with zero attached hydrogens (tertiary/aromatic N) is 4. The van der Waals surface area contributed by atoms with Crippen LogP contribution in [0.15, 0.2) is 57.7 Å². The molecule has 148 valence electrons. The number of nitro groups is 1. The number of aryl methyl sites for hydroxylation is 1. The molecule has 0 unspecified atom stereocenters. The van der Waals surface area contributed by atoms with Crippen LogP contribution in [0.25, 0.3) is 11.0 Å². The predicted molar refractivity (Wildman–Crippen MR) is 109 cm³/mol. The Morgan fingerprint density at radius 2 is 1.93 bits per heavy atom. The topological polar surface area (TPSA) is 119 Å². The average Bonchev–Trinajstić information content (AvgIpc) is 3.29. The number of anilines is 1. The van der Waals surface area contributed by atoms with E-state index >= 15 is 0 Å². The van der Waals surface area contributed by atoms with E-state index in [0.717, 1.165) is 0 Å². The van der Waals surface area contributed by atoms with Crippen molar-refractivity contribution < 1.29 is 14.1 Å². The molecule has 1 atom stereocenters. The maximum Gasteiger partial charge on any atom is 0.297 e. The smallest absolute Gasteiger partial charge is 0.297 e. The fraction of sp³-hybridized carbons (Fsp3) is 0.100. The molecule has 4 aromatic rings. The molecule has 0 spiro atoms. The number of aromatic nitrogens is 2. The lowest BCUT2D eigenvalue weighted by Crippen LogP contribution is -2.29. The van der Waals surface area contributed by atoms with Crippen LogP contribution in [0.4, 0.5) is 10.8 Å². The first-order chi connectivity index (χ1) is 14.5. The highest BCUT2D eigenvalue weighted by atomic mass is 32.1. The number of carbonyl (C=O) groups is 1. The average molecular weight is 420 g/mol. The van der Waals surface area contributed by atoms with Gasteiger partial charge in [0.25, 0.3) is 11.6 Å². The summed E-state index contributed by atoms with van der Waals surface area (Å²) in [5.74, 6) is -0.636. The van der Waals surface area contributed by atoms with Crippen LogP contribution in [0.2, 0.25) is 0 Å². The summed E-state index contributed by atoms with van der Waals surface area (Å²) in [7, 11) is 0. The van der Waals surface area contributed by atoms with Crippen molar-refractivity contribution in [2.75, 3.05) is 4.90 Å². The van der Waals surface area contributed by atoms with E-state index in [9.17, 15) is 19.7 Å². The molecular formula is C20H12N4O5S. The summed E-state index contributed by atoms with van der Waals surface area (Å²) < 4.78 is 5.82. The zero-order valence-electron chi connectivity index (χ0n) is 15.4. The third kappa shape index (κ3) is 2.61. The van der Waals surface area contributed by atoms with Crippen LogP contribution in [0.1, 0.15) is 32.7 Å². The number of non-ortho nitro benzene ring substituents is 1. The number of nitro benzene ring substituents is 1. The molecule has 0 N–H and O–H groups in total. The second kappa shape index (κ2) is 6.56. The fourth-order valence-corrected chi connectivity index (χ4v) is 4.34. The zero-order chi connectivity index (χ0) is 21.0. The minimum absolute atomic E-state index is 0.0944. The van der Waals surface area contributed by atoms with Gasteiger partial charge in [-0.3, -0.25) is 24.6 Å². The molecule has 0 fully saturated rings. The standard InChI is InChI=1S/C20H12N4O5S/c1-10-21-22-20(30-10)23-16(11-5-4-6-12(9-11)24(27)28)15-17(25)13-7-2-3-8-14(13)29-18(15)19(23)26/h2-9,16H,1H3/t16-/m1/s1. The number of para-hydroxylation sites is 1. The molecular weight excluding hydrogens is 408 g/mol. The minimum Gasteiger partial charge on any atom is -0.450 e. The molecule has 1 aliphatic heterocycles. The van der Waals surface area contributed by atoms with Gasteiger partial charge in [0.1, 0.15) is 10.6 Å². The molecule has 0 radical (unpaired) electrons. The third-order valence-corrected chi connectivity index (χ3v) is 5.73. The lowest BCUT2D eigenvalue weighted by molar-refractivity contribution is -0.384. The number of carbonyl (C=O) groups excluding carboxylic acids is 1. The van der Waals surface area contributed by atoms with Crippen LogP contribution in [-0.4, -0.2) is 21.0 Å². The van der Waals surface area contributed by atoms with Gasteiger partial charge in [-0.1, -0.05) is 35.6 Å². The Kier molecular flexibility index (Phi) is 3.97. The molecule has 9 nitrogen and oxygen atoms in total. The van der Waals surface area contributed by atoms with E-state index in [1.807, 2.05) is 0 Å². The molecule has 2 aromatic carbocycles. The lowest BCUT2D eigenvalue weighted by atomic mass is 9.98. The van der Waals surface area contributed by atoms with E-state index in [2.05, 4.69) is 10.2 Å². The summed E-state index contributed by atoms with van der Waals surface area (Å²) in [6, 6.07) is 11.6. The third-order valence-electron chi connectivity index (χ3n) is 4.90. The number of rotatable bonds is 3. The van der Waals surface area contributed by atoms with Crippen molar-refractivity contribution >= 4 is 39.0 Å². The van der Waals surface area contributed by atoms with Gasteiger partial charge in [0.05, 0.1) is 21.9 Å². The molecule has 30 heavy (non-hydrogen) atoms. The maximum absolute atomic E-state index is 13.3. The van der Waals surface area contributed by atoms with Crippen LogP contribution in [0.5, 0.6) is 0 Å². The van der Waals surface area contributed by atoms with Crippen LogP contribution < -0.4 is 10.3 Å². The SMILES string of the molecule is Cc1nnc(N2C(=O)c3oc4ccccc4c(=O)c3[C@H]2c2cccc([N+](=O)[O-])c2)s1. The van der Waals surface area contributed by atoms with Gasteiger partial charge in [-0.05, 0) is 24.6 Å². The summed E-state index contributed by atoms with van der Waals surface area (Å²) in [6.07, 6.45) is 0. The molecule has 1 amide bonds. The Morgan fingerprint density at radius 1 is 1.13 bits per heavy atom. The summed E-state index contributed by atoms with van der Waals surface area (Å²) in [4.78, 5) is 38.7. The predicted octanol–water partition coefficient (Wildman–Crippen LogP) is 3.61. The Hall–Kier alpha value is -3.92. The first-order valence-corrected chi connectivity index (χ1v) is 9.71. The van der Waals surface area contributed by atoms with Crippen LogP contribution >= 0.6 is 11.3 Å². The van der Waals surface area contributed by atoms with Gasteiger partial charge < -0.3 is 4.42 Å². The molecule has 0 aliphatic carbocycles. The molecule has 2 aromatic heterocycles. The fourth-order valence-electron chi connectivity index (χ4n) is 3.62. The second-order valence-corrected chi connectivity index (χ2v) is 7.86. The zero-order valence-corrected chi connectivity index (χ0v) is 16.3. The van der Waals surface area contributed by atoms with Gasteiger partial charge >= 0.3 is 0 Å². The van der Waals surface area contributed by atoms with Gasteiger partial charge in [0.15, 0.2) is 5.43 Å². The van der Waals surface area contributed by atoms with E-state index < -0.39 is 16.9 Å². The van der Waals surface area contributed by atoms with Crippen molar-refractivity contribution in [2.24, 2.45) is 0 Å². The largest absolute Gasteiger partial charge is 0.450 e. The Morgan fingerprint density at radius 3 is 2.67 bits per heavy atom. The van der Waals surface area contributed by atoms with E-state index in [0.29, 0.717) is 21.5 Å². The number of hydrogen-bond acceptors (Lipinski definition) is 8. The number of amides is 1. The van der Waals surface area contributed by atoms with E-state index in [1.165, 1.54) is 34.4 Å². The molecule has 10 heteroatoms. The lowest BCUT2D eigenvalue weighted by Gasteiger charge is -2.21. The molecule has 0 bridgehead atoms. The first-order valence-electron chi connectivity index (χ1n) is 8.89. The summed E-state index contributed by atoms with van der Waals surface area (Å²) >= 11 is 1.18. The Labute approximate surface area is 172 Å². The maximum atomic E-state index is 13.3. The highest BCUT2D eigenvalue weighted by molar-refractivity contribution is 7.15. The number of hydrogen-bond donors (Lipinski definition) is 0. The molecule has 1 aliphatic rings. The number of benzene rings is 2. The Balaban J connectivity index is 1.82. The van der Waals surface area contributed by atoms with Crippen LogP contribution in [0.3, 0.4) is 0 Å². The second-order valence-electron chi connectivity index (χ2n) is 6.70. The quantitative estimate of drug-likeness (QED) is 0.367. The summed E-state index contributed by atoms with van der Waals surface area (Å²) in [5.41, 5.74) is 0.328. The molecule has 0 saturated carbocycles. The molecule has 0 saturated heterocycles. The minimum atomic E-state index is -0.916. The normalized spacial score (nSPS) is 15.6. The van der Waals surface area contributed by atoms with Gasteiger partial charge in [-0.2, -0.15) is 0 Å². The summed E-state index contributed by atoms with van der Waals surface area (Å²) in [6.45, 7) is 1.74. The van der Waals surface area contributed by atoms with Gasteiger partial charge in [0.2, 0.25) is 10.9 Å². The van der Waals surface area contributed by atoms with Crippen LogP contribution in [-0.2, 0) is 0 Å². The van der Waals surface area contributed by atoms with Crippen molar-refractivity contribution in [3.05, 3.63) is 90.8 Å². The van der Waals surface area contributed by atoms with Gasteiger partial charge in [-0.25, -0.2) is 0 Å². The Bertz CT molecular complexity index is 1410. The summed E-state index contributed by atoms with van der Waals surface area (Å²) in [5, 5.41) is 20.6. The van der Waals surface area contributed by atoms with Gasteiger partial charge in [0, 0.05) is 12.1 Å². The van der Waals surface area contributed by atoms with Crippen LogP contribution in [0, 0.1) is 17.0 Å². The van der Waals surface area contributed by atoms with Crippen molar-refractivity contribution in [1.29, 1.82) is 0 Å². The van der Waals surface area contributed by atoms with Crippen molar-refractivity contribution in [3.63, 3.8) is 0 Å². The van der Waals surface area contributed by atoms with Crippen molar-refractivity contribution in [2.45, 2.75) is 13.0 Å². The highest BCUT2D eigenvalue weighted by Gasteiger charge is 2.45. The first kappa shape index (κ1) is 18.1. The van der Waals surface area contributed by atoms with Gasteiger partial charge in [-0.15, -0.1) is 10.2 Å².